The molecular weight excluding hydrogens is 605 g/mol. The lowest BCUT2D eigenvalue weighted by Gasteiger charge is -2.43. The van der Waals surface area contributed by atoms with Gasteiger partial charge in [0.1, 0.15) is 18.6 Å². The van der Waals surface area contributed by atoms with Crippen molar-refractivity contribution in [2.24, 2.45) is 0 Å². The zero-order chi connectivity index (χ0) is 31.5. The van der Waals surface area contributed by atoms with Crippen LogP contribution in [0.5, 0.6) is 6.01 Å². The molecule has 1 aromatic heterocycles. The monoisotopic (exact) mass is 640 g/mol. The third-order valence-electron chi connectivity index (χ3n) is 10.9. The number of anilines is 1. The van der Waals surface area contributed by atoms with Gasteiger partial charge in [0.05, 0.1) is 29.8 Å². The van der Waals surface area contributed by atoms with E-state index in [1.807, 2.05) is 23.1 Å². The summed E-state index contributed by atoms with van der Waals surface area (Å²) in [7, 11) is 0. The van der Waals surface area contributed by atoms with Crippen LogP contribution in [0.25, 0.3) is 0 Å². The highest BCUT2D eigenvalue weighted by Gasteiger charge is 2.52. The summed E-state index contributed by atoms with van der Waals surface area (Å²) in [4.78, 5) is 27.5. The van der Waals surface area contributed by atoms with Crippen LogP contribution < -0.4 is 9.64 Å². The summed E-state index contributed by atoms with van der Waals surface area (Å²) in [5, 5.41) is 10.2. The molecule has 2 aromatic rings. The summed E-state index contributed by atoms with van der Waals surface area (Å²) < 4.78 is 51.7. The van der Waals surface area contributed by atoms with E-state index in [9.17, 15) is 18.8 Å². The zero-order valence-corrected chi connectivity index (χ0v) is 25.8. The van der Waals surface area contributed by atoms with Gasteiger partial charge in [-0.05, 0) is 62.3 Å². The fourth-order valence-corrected chi connectivity index (χ4v) is 8.93. The quantitative estimate of drug-likeness (QED) is 0.394. The van der Waals surface area contributed by atoms with Crippen molar-refractivity contribution in [3.05, 3.63) is 58.0 Å². The number of halogens is 4. The Balaban J connectivity index is 1.26. The highest BCUT2D eigenvalue weighted by atomic mass is 35.5. The van der Waals surface area contributed by atoms with Crippen LogP contribution in [0.3, 0.4) is 0 Å². The largest absolute Gasteiger partial charge is 0.461 e. The minimum absolute atomic E-state index is 0.0126. The number of fused-ring (bicyclic) bond motifs is 4. The summed E-state index contributed by atoms with van der Waals surface area (Å²) in [6.45, 7) is 5.19. The van der Waals surface area contributed by atoms with E-state index in [4.69, 9.17) is 26.3 Å². The Hall–Kier alpha value is -3.36. The van der Waals surface area contributed by atoms with E-state index in [-0.39, 0.29) is 37.8 Å². The summed E-state index contributed by atoms with van der Waals surface area (Å²) in [5.74, 6) is -1.41. The topological polar surface area (TPSA) is 85.6 Å². The van der Waals surface area contributed by atoms with E-state index < -0.39 is 41.1 Å². The van der Waals surface area contributed by atoms with Gasteiger partial charge in [-0.3, -0.25) is 9.69 Å². The SMILES string of the molecule is C=C(F)C(=O)N1CCN(c2nc(OC[C@]34CCCN3C[C@@H](F)C4)nc3c2CC[C@@]2(CCc4c(Cl)cccc42)[C@H]3F)C[C@@H]1CC#N. The summed E-state index contributed by atoms with van der Waals surface area (Å²) in [6, 6.07) is 7.20. The Kier molecular flexibility index (Phi) is 7.72. The number of nitrogens with zero attached hydrogens (tertiary/aromatic N) is 6. The first-order chi connectivity index (χ1) is 21.7. The van der Waals surface area contributed by atoms with E-state index in [0.29, 0.717) is 61.6 Å². The summed E-state index contributed by atoms with van der Waals surface area (Å²) in [6.07, 6.45) is 2.11. The maximum atomic E-state index is 17.1. The molecule has 2 aliphatic carbocycles. The molecule has 1 aromatic carbocycles. The van der Waals surface area contributed by atoms with Crippen LogP contribution in [-0.2, 0) is 23.1 Å². The number of carbonyl (C=O) groups is 1. The van der Waals surface area contributed by atoms with Crippen molar-refractivity contribution in [3.63, 3.8) is 0 Å². The number of rotatable bonds is 6. The second-order valence-electron chi connectivity index (χ2n) is 13.2. The van der Waals surface area contributed by atoms with Crippen molar-refractivity contribution in [1.29, 1.82) is 5.26 Å². The Morgan fingerprint density at radius 3 is 2.71 bits per heavy atom. The molecule has 3 aliphatic heterocycles. The predicted octanol–water partition coefficient (Wildman–Crippen LogP) is 5.34. The molecule has 0 N–H and O–H groups in total. The van der Waals surface area contributed by atoms with Crippen LogP contribution in [0.4, 0.5) is 19.0 Å². The van der Waals surface area contributed by atoms with Crippen molar-refractivity contribution >= 4 is 23.3 Å². The molecule has 1 amide bonds. The number of ether oxygens (including phenoxy) is 1. The van der Waals surface area contributed by atoms with Crippen LogP contribution in [0, 0.1) is 11.3 Å². The molecule has 8 nitrogen and oxygen atoms in total. The first-order valence-electron chi connectivity index (χ1n) is 15.8. The van der Waals surface area contributed by atoms with Gasteiger partial charge in [0.15, 0.2) is 12.0 Å². The second kappa shape index (κ2) is 11.5. The van der Waals surface area contributed by atoms with Crippen molar-refractivity contribution in [3.8, 4) is 12.1 Å². The number of amides is 1. The van der Waals surface area contributed by atoms with Gasteiger partial charge in [-0.2, -0.15) is 15.2 Å². The van der Waals surface area contributed by atoms with E-state index in [0.717, 1.165) is 30.5 Å². The molecule has 7 rings (SSSR count). The van der Waals surface area contributed by atoms with Gasteiger partial charge in [-0.1, -0.05) is 30.3 Å². The second-order valence-corrected chi connectivity index (χ2v) is 13.6. The molecule has 3 saturated heterocycles. The third-order valence-corrected chi connectivity index (χ3v) is 11.2. The highest BCUT2D eigenvalue weighted by Crippen LogP contribution is 2.57. The van der Waals surface area contributed by atoms with Crippen LogP contribution in [0.15, 0.2) is 30.6 Å². The number of nitriles is 1. The fourth-order valence-electron chi connectivity index (χ4n) is 8.66. The minimum Gasteiger partial charge on any atom is -0.461 e. The summed E-state index contributed by atoms with van der Waals surface area (Å²) >= 11 is 6.54. The average molecular weight is 641 g/mol. The normalized spacial score (nSPS) is 30.6. The van der Waals surface area contributed by atoms with E-state index in [1.165, 1.54) is 4.90 Å². The maximum absolute atomic E-state index is 17.1. The molecule has 238 valence electrons. The molecule has 0 bridgehead atoms. The third kappa shape index (κ3) is 4.96. The lowest BCUT2D eigenvalue weighted by molar-refractivity contribution is -0.131. The molecule has 4 heterocycles. The number of carbonyl (C=O) groups excluding carboxylic acids is 1. The van der Waals surface area contributed by atoms with Gasteiger partial charge < -0.3 is 14.5 Å². The van der Waals surface area contributed by atoms with E-state index in [1.54, 1.807) is 0 Å². The fraction of sp³-hybridized carbons (Fsp3) is 0.576. The van der Waals surface area contributed by atoms with Gasteiger partial charge in [-0.15, -0.1) is 0 Å². The smallest absolute Gasteiger partial charge is 0.318 e. The summed E-state index contributed by atoms with van der Waals surface area (Å²) in [5.41, 5.74) is 1.63. The number of aromatic nitrogens is 2. The van der Waals surface area contributed by atoms with Crippen molar-refractivity contribution in [2.45, 2.75) is 80.7 Å². The Morgan fingerprint density at radius 1 is 1.13 bits per heavy atom. The lowest BCUT2D eigenvalue weighted by Crippen LogP contribution is -2.55. The van der Waals surface area contributed by atoms with Gasteiger partial charge in [-0.25, -0.2) is 13.2 Å². The van der Waals surface area contributed by atoms with Crippen molar-refractivity contribution < 1.29 is 22.7 Å². The number of hydrogen-bond donors (Lipinski definition) is 0. The van der Waals surface area contributed by atoms with Gasteiger partial charge in [0.25, 0.3) is 5.91 Å². The molecular formula is C33H36ClF3N6O2. The number of benzene rings is 1. The maximum Gasteiger partial charge on any atom is 0.318 e. The molecule has 5 aliphatic rings. The van der Waals surface area contributed by atoms with E-state index in [2.05, 4.69) is 17.5 Å². The Morgan fingerprint density at radius 2 is 1.93 bits per heavy atom. The predicted molar refractivity (Wildman–Crippen MR) is 162 cm³/mol. The molecule has 5 atom stereocenters. The van der Waals surface area contributed by atoms with Crippen LogP contribution in [-0.4, -0.2) is 82.8 Å². The van der Waals surface area contributed by atoms with Crippen molar-refractivity contribution in [1.82, 2.24) is 19.8 Å². The van der Waals surface area contributed by atoms with Crippen LogP contribution >= 0.6 is 11.6 Å². The molecule has 12 heteroatoms. The molecule has 0 saturated carbocycles. The Labute approximate surface area is 265 Å². The highest BCUT2D eigenvalue weighted by molar-refractivity contribution is 6.31. The van der Waals surface area contributed by atoms with Crippen LogP contribution in [0.2, 0.25) is 5.02 Å². The zero-order valence-electron chi connectivity index (χ0n) is 25.1. The standard InChI is InChI=1S/C33H36ClF3N6O2/c1-20(35)30(44)43-15-14-41(18-22(43)8-12-38)29-24-7-11-33(10-6-23-25(33)4-2-5-26(23)34)28(37)27(24)39-31(40-29)45-19-32-9-3-13-42(32)17-21(36)16-32/h2,4-5,21-22,28H,1,3,6-11,13-19H2/t21-,22-,28-,32+,33+/m0/s1. The molecule has 0 unspecified atom stereocenters. The van der Waals surface area contributed by atoms with E-state index >= 15 is 4.39 Å². The van der Waals surface area contributed by atoms with Gasteiger partial charge >= 0.3 is 6.01 Å². The average Bonchev–Trinajstić information content (AvgIpc) is 3.69. The number of alkyl halides is 2. The van der Waals surface area contributed by atoms with Gasteiger partial charge in [0.2, 0.25) is 0 Å². The van der Waals surface area contributed by atoms with Crippen LogP contribution in [0.1, 0.15) is 67.1 Å². The minimum atomic E-state index is -1.44. The molecule has 0 radical (unpaired) electrons. The van der Waals surface area contributed by atoms with Crippen molar-refractivity contribution in [2.75, 3.05) is 44.2 Å². The number of piperazine rings is 1. The Bertz CT molecular complexity index is 1590. The number of hydrogen-bond acceptors (Lipinski definition) is 7. The molecule has 3 fully saturated rings. The molecule has 1 spiro atoms. The molecule has 45 heavy (non-hydrogen) atoms. The first-order valence-corrected chi connectivity index (χ1v) is 16.2. The lowest BCUT2D eigenvalue weighted by atomic mass is 9.68. The first kappa shape index (κ1) is 30.3. The van der Waals surface area contributed by atoms with Gasteiger partial charge in [0, 0.05) is 48.6 Å².